The molecule has 0 saturated carbocycles. The van der Waals surface area contributed by atoms with Crippen LogP contribution in [-0.2, 0) is 20.6 Å². The smallest absolute Gasteiger partial charge is 0.223 e. The van der Waals surface area contributed by atoms with E-state index in [9.17, 15) is 13.2 Å². The third kappa shape index (κ3) is 5.31. The Morgan fingerprint density at radius 1 is 1.29 bits per heavy atom. The summed E-state index contributed by atoms with van der Waals surface area (Å²) in [6, 6.07) is 7.59. The van der Waals surface area contributed by atoms with Crippen LogP contribution >= 0.6 is 0 Å². The summed E-state index contributed by atoms with van der Waals surface area (Å²) in [5.41, 5.74) is 1.87. The van der Waals surface area contributed by atoms with Gasteiger partial charge < -0.3 is 5.32 Å². The molecular formula is C18H28N2O3S. The molecule has 24 heavy (non-hydrogen) atoms. The molecule has 0 spiro atoms. The summed E-state index contributed by atoms with van der Waals surface area (Å²) in [6.07, 6.45) is 1.19. The molecule has 1 aliphatic rings. The van der Waals surface area contributed by atoms with Gasteiger partial charge in [0.2, 0.25) is 15.9 Å². The topological polar surface area (TPSA) is 66.5 Å². The zero-order chi connectivity index (χ0) is 17.7. The van der Waals surface area contributed by atoms with Crippen molar-refractivity contribution in [1.82, 2.24) is 9.62 Å². The number of carbonyl (C=O) groups excluding carboxylic acids is 1. The second-order valence-corrected chi connectivity index (χ2v) is 9.03. The Bertz CT molecular complexity index is 663. The highest BCUT2D eigenvalue weighted by Gasteiger charge is 2.31. The molecule has 0 bridgehead atoms. The molecule has 6 heteroatoms. The first kappa shape index (κ1) is 18.9. The fourth-order valence-electron chi connectivity index (χ4n) is 2.95. The van der Waals surface area contributed by atoms with Gasteiger partial charge in [0.05, 0.1) is 5.75 Å². The highest BCUT2D eigenvalue weighted by Crippen LogP contribution is 2.22. The van der Waals surface area contributed by atoms with E-state index in [1.54, 1.807) is 0 Å². The van der Waals surface area contributed by atoms with E-state index >= 15 is 0 Å². The minimum absolute atomic E-state index is 0.0267. The largest absolute Gasteiger partial charge is 0.356 e. The van der Waals surface area contributed by atoms with Crippen molar-refractivity contribution in [2.24, 2.45) is 11.8 Å². The standard InChI is InChI=1S/C18H28N2O3S/c1-14(2)12-19-18(21)17-7-9-20(10-8-17)24(22,23)13-16-6-4-5-15(3)11-16/h4-6,11,14,17H,7-10,12-13H2,1-3H3,(H,19,21). The Balaban J connectivity index is 1.90. The van der Waals surface area contributed by atoms with Gasteiger partial charge in [-0.2, -0.15) is 0 Å². The van der Waals surface area contributed by atoms with Crippen molar-refractivity contribution < 1.29 is 13.2 Å². The van der Waals surface area contributed by atoms with Gasteiger partial charge in [-0.05, 0) is 31.2 Å². The van der Waals surface area contributed by atoms with Crippen LogP contribution in [0.1, 0.15) is 37.8 Å². The molecule has 0 radical (unpaired) electrons. The summed E-state index contributed by atoms with van der Waals surface area (Å²) in [7, 11) is -3.33. The highest BCUT2D eigenvalue weighted by molar-refractivity contribution is 7.88. The van der Waals surface area contributed by atoms with Crippen LogP contribution in [0.25, 0.3) is 0 Å². The molecule has 0 unspecified atom stereocenters. The average molecular weight is 353 g/mol. The van der Waals surface area contributed by atoms with E-state index in [0.29, 0.717) is 38.4 Å². The molecule has 1 heterocycles. The van der Waals surface area contributed by atoms with E-state index in [4.69, 9.17) is 0 Å². The van der Waals surface area contributed by atoms with Crippen LogP contribution in [0.3, 0.4) is 0 Å². The van der Waals surface area contributed by atoms with Crippen molar-refractivity contribution >= 4 is 15.9 Å². The number of nitrogens with zero attached hydrogens (tertiary/aromatic N) is 1. The van der Waals surface area contributed by atoms with Crippen molar-refractivity contribution in [1.29, 1.82) is 0 Å². The number of benzene rings is 1. The number of sulfonamides is 1. The van der Waals surface area contributed by atoms with Gasteiger partial charge in [-0.3, -0.25) is 4.79 Å². The van der Waals surface area contributed by atoms with Gasteiger partial charge in [0.1, 0.15) is 0 Å². The predicted octanol–water partition coefficient (Wildman–Crippen LogP) is 2.31. The molecule has 0 aliphatic carbocycles. The van der Waals surface area contributed by atoms with E-state index in [0.717, 1.165) is 11.1 Å². The summed E-state index contributed by atoms with van der Waals surface area (Å²) in [4.78, 5) is 12.1. The van der Waals surface area contributed by atoms with Crippen molar-refractivity contribution in [2.45, 2.75) is 39.4 Å². The second kappa shape index (κ2) is 8.12. The lowest BCUT2D eigenvalue weighted by atomic mass is 9.97. The van der Waals surface area contributed by atoms with Crippen molar-refractivity contribution in [3.63, 3.8) is 0 Å². The molecular weight excluding hydrogens is 324 g/mol. The zero-order valence-corrected chi connectivity index (χ0v) is 15.6. The van der Waals surface area contributed by atoms with Crippen LogP contribution in [0, 0.1) is 18.8 Å². The van der Waals surface area contributed by atoms with E-state index < -0.39 is 10.0 Å². The van der Waals surface area contributed by atoms with Gasteiger partial charge in [0.25, 0.3) is 0 Å². The van der Waals surface area contributed by atoms with Gasteiger partial charge in [0, 0.05) is 25.6 Å². The van der Waals surface area contributed by atoms with E-state index in [-0.39, 0.29) is 17.6 Å². The lowest BCUT2D eigenvalue weighted by Gasteiger charge is -2.30. The number of piperidine rings is 1. The van der Waals surface area contributed by atoms with Crippen LogP contribution in [0.5, 0.6) is 0 Å². The summed E-state index contributed by atoms with van der Waals surface area (Å²) in [5.74, 6) is 0.427. The van der Waals surface area contributed by atoms with Crippen LogP contribution in [0.2, 0.25) is 0 Å². The third-order valence-electron chi connectivity index (χ3n) is 4.33. The number of carbonyl (C=O) groups is 1. The number of rotatable bonds is 6. The van der Waals surface area contributed by atoms with E-state index in [1.807, 2.05) is 31.2 Å². The zero-order valence-electron chi connectivity index (χ0n) is 14.8. The van der Waals surface area contributed by atoms with Crippen molar-refractivity contribution in [3.05, 3.63) is 35.4 Å². The molecule has 134 valence electrons. The SMILES string of the molecule is Cc1cccc(CS(=O)(=O)N2CCC(C(=O)NCC(C)C)CC2)c1. The number of hydrogen-bond acceptors (Lipinski definition) is 3. The number of hydrogen-bond donors (Lipinski definition) is 1. The van der Waals surface area contributed by atoms with E-state index in [1.165, 1.54) is 4.31 Å². The molecule has 1 aromatic rings. The lowest BCUT2D eigenvalue weighted by Crippen LogP contribution is -2.43. The molecule has 0 aromatic heterocycles. The van der Waals surface area contributed by atoms with Crippen molar-refractivity contribution in [3.8, 4) is 0 Å². The van der Waals surface area contributed by atoms with Crippen LogP contribution in [0.4, 0.5) is 0 Å². The second-order valence-electron chi connectivity index (χ2n) is 7.06. The number of aryl methyl sites for hydroxylation is 1. The van der Waals surface area contributed by atoms with Gasteiger partial charge in [0.15, 0.2) is 0 Å². The van der Waals surface area contributed by atoms with Gasteiger partial charge in [-0.25, -0.2) is 12.7 Å². The van der Waals surface area contributed by atoms with Gasteiger partial charge in [-0.1, -0.05) is 43.7 Å². The molecule has 2 rings (SSSR count). The van der Waals surface area contributed by atoms with Crippen LogP contribution < -0.4 is 5.32 Å². The summed E-state index contributed by atoms with van der Waals surface area (Å²) >= 11 is 0. The van der Waals surface area contributed by atoms with E-state index in [2.05, 4.69) is 19.2 Å². The van der Waals surface area contributed by atoms with Gasteiger partial charge >= 0.3 is 0 Å². The first-order valence-electron chi connectivity index (χ1n) is 8.59. The Morgan fingerprint density at radius 3 is 2.54 bits per heavy atom. The molecule has 1 aliphatic heterocycles. The third-order valence-corrected chi connectivity index (χ3v) is 6.18. The fraction of sp³-hybridized carbons (Fsp3) is 0.611. The molecule has 1 saturated heterocycles. The quantitative estimate of drug-likeness (QED) is 0.854. The maximum atomic E-state index is 12.6. The van der Waals surface area contributed by atoms with Crippen molar-refractivity contribution in [2.75, 3.05) is 19.6 Å². The Morgan fingerprint density at radius 2 is 1.96 bits per heavy atom. The van der Waals surface area contributed by atoms with Gasteiger partial charge in [-0.15, -0.1) is 0 Å². The Labute approximate surface area is 145 Å². The van der Waals surface area contributed by atoms with Crippen LogP contribution in [-0.4, -0.2) is 38.3 Å². The molecule has 0 atom stereocenters. The number of amides is 1. The molecule has 1 aromatic carbocycles. The number of nitrogens with one attached hydrogen (secondary N) is 1. The summed E-state index contributed by atoms with van der Waals surface area (Å²) in [5, 5.41) is 2.94. The summed E-state index contributed by atoms with van der Waals surface area (Å²) in [6.45, 7) is 7.59. The first-order valence-corrected chi connectivity index (χ1v) is 10.2. The maximum absolute atomic E-state index is 12.6. The molecule has 1 amide bonds. The molecule has 5 nitrogen and oxygen atoms in total. The molecule has 1 fully saturated rings. The maximum Gasteiger partial charge on any atom is 0.223 e. The normalized spacial score (nSPS) is 17.2. The first-order chi connectivity index (χ1) is 11.3. The summed E-state index contributed by atoms with van der Waals surface area (Å²) < 4.78 is 26.7. The average Bonchev–Trinajstić information content (AvgIpc) is 2.52. The fourth-order valence-corrected chi connectivity index (χ4v) is 4.50. The van der Waals surface area contributed by atoms with Crippen LogP contribution in [0.15, 0.2) is 24.3 Å². The minimum Gasteiger partial charge on any atom is -0.356 e. The minimum atomic E-state index is -3.33. The Kier molecular flexibility index (Phi) is 6.40. The lowest BCUT2D eigenvalue weighted by molar-refractivity contribution is -0.126. The monoisotopic (exact) mass is 352 g/mol. The predicted molar refractivity (Wildman–Crippen MR) is 95.9 cm³/mol. The molecule has 1 N–H and O–H groups in total. The Hall–Kier alpha value is -1.40. The highest BCUT2D eigenvalue weighted by atomic mass is 32.2.